The topological polar surface area (TPSA) is 73.6 Å². The zero-order valence-electron chi connectivity index (χ0n) is 12.1. The first-order valence-electron chi connectivity index (χ1n) is 6.35. The van der Waals surface area contributed by atoms with Gasteiger partial charge in [0, 0.05) is 11.8 Å². The van der Waals surface area contributed by atoms with Crippen molar-refractivity contribution in [3.63, 3.8) is 0 Å². The van der Waals surface area contributed by atoms with E-state index in [1.165, 1.54) is 11.1 Å². The van der Waals surface area contributed by atoms with Crippen LogP contribution in [-0.4, -0.2) is 9.97 Å². The molecule has 0 saturated heterocycles. The molecule has 0 aliphatic rings. The van der Waals surface area contributed by atoms with Gasteiger partial charge in [0.25, 0.3) is 0 Å². The lowest BCUT2D eigenvalue weighted by Crippen LogP contribution is -2.02. The fraction of sp³-hybridized carbons (Fsp3) is 0.267. The summed E-state index contributed by atoms with van der Waals surface area (Å²) in [7, 11) is 0. The number of hydrogen-bond donors (Lipinski definition) is 2. The van der Waals surface area contributed by atoms with E-state index >= 15 is 0 Å². The summed E-state index contributed by atoms with van der Waals surface area (Å²) in [5.41, 5.74) is 4.64. The molecule has 20 heavy (non-hydrogen) atoms. The number of aromatic nitrogens is 2. The predicted octanol–water partition coefficient (Wildman–Crippen LogP) is 3.35. The molecule has 0 atom stereocenters. The van der Waals surface area contributed by atoms with Crippen molar-refractivity contribution in [2.45, 2.75) is 27.7 Å². The third-order valence-electron chi connectivity index (χ3n) is 3.13. The molecule has 2 rings (SSSR count). The number of nitriles is 1. The highest BCUT2D eigenvalue weighted by atomic mass is 15.1. The number of nitrogens with zero attached hydrogens (tertiary/aromatic N) is 3. The molecule has 1 aromatic carbocycles. The highest BCUT2D eigenvalue weighted by Gasteiger charge is 2.05. The Labute approximate surface area is 118 Å². The third kappa shape index (κ3) is 3.04. The molecule has 0 bridgehead atoms. The monoisotopic (exact) mass is 267 g/mol. The van der Waals surface area contributed by atoms with Gasteiger partial charge in [0.15, 0.2) is 6.19 Å². The lowest BCUT2D eigenvalue weighted by atomic mass is 10.1. The molecule has 0 aliphatic carbocycles. The molecule has 2 N–H and O–H groups in total. The Bertz CT molecular complexity index is 685. The molecule has 0 fully saturated rings. The van der Waals surface area contributed by atoms with Crippen molar-refractivity contribution >= 4 is 17.3 Å². The van der Waals surface area contributed by atoms with Crippen LogP contribution in [0.25, 0.3) is 0 Å². The summed E-state index contributed by atoms with van der Waals surface area (Å²) in [5.74, 6) is 1.76. The molecular weight excluding hydrogens is 250 g/mol. The van der Waals surface area contributed by atoms with Crippen LogP contribution >= 0.6 is 0 Å². The summed E-state index contributed by atoms with van der Waals surface area (Å²) in [5, 5.41) is 14.5. The fourth-order valence-electron chi connectivity index (χ4n) is 1.99. The van der Waals surface area contributed by atoms with Gasteiger partial charge >= 0.3 is 0 Å². The number of nitrogens with one attached hydrogen (secondary N) is 2. The zero-order chi connectivity index (χ0) is 14.7. The first-order valence-corrected chi connectivity index (χ1v) is 6.35. The summed E-state index contributed by atoms with van der Waals surface area (Å²) in [6.45, 7) is 8.02. The summed E-state index contributed by atoms with van der Waals surface area (Å²) in [6.07, 6.45) is 1.86. The van der Waals surface area contributed by atoms with Crippen LogP contribution in [0.2, 0.25) is 0 Å². The standard InChI is InChI=1S/C15H17N5/c1-9-5-11(3)13(6-10(9)2)20-15-7-14(17-8-16)18-12(4)19-15/h5-7H,1-4H3,(H2,17,18,19,20). The van der Waals surface area contributed by atoms with E-state index < -0.39 is 0 Å². The Morgan fingerprint density at radius 2 is 1.55 bits per heavy atom. The Balaban J connectivity index is 2.35. The maximum Gasteiger partial charge on any atom is 0.182 e. The van der Waals surface area contributed by atoms with E-state index in [9.17, 15) is 0 Å². The second-order valence-corrected chi connectivity index (χ2v) is 4.80. The Morgan fingerprint density at radius 3 is 2.25 bits per heavy atom. The number of anilines is 3. The Kier molecular flexibility index (Phi) is 3.85. The van der Waals surface area contributed by atoms with E-state index in [1.807, 2.05) is 6.19 Å². The Hall–Kier alpha value is -2.61. The normalized spacial score (nSPS) is 9.95. The van der Waals surface area contributed by atoms with Gasteiger partial charge in [-0.05, 0) is 50.5 Å². The molecule has 5 nitrogen and oxygen atoms in total. The first kappa shape index (κ1) is 13.8. The van der Waals surface area contributed by atoms with Crippen molar-refractivity contribution in [2.24, 2.45) is 0 Å². The highest BCUT2D eigenvalue weighted by Crippen LogP contribution is 2.24. The second kappa shape index (κ2) is 5.57. The summed E-state index contributed by atoms with van der Waals surface area (Å²) < 4.78 is 0. The molecule has 0 unspecified atom stereocenters. The van der Waals surface area contributed by atoms with Crippen molar-refractivity contribution in [1.82, 2.24) is 9.97 Å². The summed E-state index contributed by atoms with van der Waals surface area (Å²) in [4.78, 5) is 8.47. The number of benzene rings is 1. The van der Waals surface area contributed by atoms with Gasteiger partial charge in [-0.15, -0.1) is 0 Å². The molecule has 5 heteroatoms. The SMILES string of the molecule is Cc1nc(NC#N)cc(Nc2cc(C)c(C)cc2C)n1. The van der Waals surface area contributed by atoms with Gasteiger partial charge in [-0.3, -0.25) is 5.32 Å². The van der Waals surface area contributed by atoms with Gasteiger partial charge in [0.2, 0.25) is 0 Å². The third-order valence-corrected chi connectivity index (χ3v) is 3.13. The van der Waals surface area contributed by atoms with Crippen molar-refractivity contribution in [3.8, 4) is 6.19 Å². The minimum absolute atomic E-state index is 0.490. The highest BCUT2D eigenvalue weighted by molar-refractivity contribution is 5.64. The zero-order valence-corrected chi connectivity index (χ0v) is 12.1. The smallest absolute Gasteiger partial charge is 0.182 e. The lowest BCUT2D eigenvalue weighted by Gasteiger charge is -2.12. The summed E-state index contributed by atoms with van der Waals surface area (Å²) >= 11 is 0. The minimum Gasteiger partial charge on any atom is -0.340 e. The molecule has 1 aromatic heterocycles. The van der Waals surface area contributed by atoms with E-state index in [1.54, 1.807) is 13.0 Å². The van der Waals surface area contributed by atoms with Crippen LogP contribution in [0, 0.1) is 39.1 Å². The molecule has 102 valence electrons. The average Bonchev–Trinajstić information content (AvgIpc) is 2.35. The molecule has 0 amide bonds. The minimum atomic E-state index is 0.490. The fourth-order valence-corrected chi connectivity index (χ4v) is 1.99. The first-order chi connectivity index (χ1) is 9.49. The number of aryl methyl sites for hydroxylation is 4. The Morgan fingerprint density at radius 1 is 0.900 bits per heavy atom. The maximum atomic E-state index is 8.66. The lowest BCUT2D eigenvalue weighted by molar-refractivity contribution is 1.06. The van der Waals surface area contributed by atoms with E-state index in [0.29, 0.717) is 17.5 Å². The summed E-state index contributed by atoms with van der Waals surface area (Å²) in [6, 6.07) is 5.95. The van der Waals surface area contributed by atoms with Gasteiger partial charge in [-0.2, -0.15) is 5.26 Å². The van der Waals surface area contributed by atoms with Crippen LogP contribution in [-0.2, 0) is 0 Å². The van der Waals surface area contributed by atoms with Crippen molar-refractivity contribution in [2.75, 3.05) is 10.6 Å². The number of rotatable bonds is 3. The van der Waals surface area contributed by atoms with Crippen LogP contribution in [0.5, 0.6) is 0 Å². The van der Waals surface area contributed by atoms with E-state index in [0.717, 1.165) is 11.3 Å². The molecular formula is C15H17N5. The van der Waals surface area contributed by atoms with Crippen LogP contribution in [0.1, 0.15) is 22.5 Å². The van der Waals surface area contributed by atoms with Crippen LogP contribution < -0.4 is 10.6 Å². The van der Waals surface area contributed by atoms with E-state index in [-0.39, 0.29) is 0 Å². The maximum absolute atomic E-state index is 8.66. The van der Waals surface area contributed by atoms with Gasteiger partial charge < -0.3 is 5.32 Å². The quantitative estimate of drug-likeness (QED) is 0.659. The van der Waals surface area contributed by atoms with Gasteiger partial charge in [-0.25, -0.2) is 9.97 Å². The molecule has 0 aliphatic heterocycles. The van der Waals surface area contributed by atoms with Crippen molar-refractivity contribution in [3.05, 3.63) is 40.7 Å². The largest absolute Gasteiger partial charge is 0.340 e. The van der Waals surface area contributed by atoms with Crippen LogP contribution in [0.15, 0.2) is 18.2 Å². The van der Waals surface area contributed by atoms with E-state index in [2.05, 4.69) is 53.5 Å². The predicted molar refractivity (Wildman–Crippen MR) is 79.9 cm³/mol. The van der Waals surface area contributed by atoms with Crippen LogP contribution in [0.3, 0.4) is 0 Å². The molecule has 0 spiro atoms. The van der Waals surface area contributed by atoms with Crippen molar-refractivity contribution < 1.29 is 0 Å². The van der Waals surface area contributed by atoms with Gasteiger partial charge in [0.1, 0.15) is 17.5 Å². The second-order valence-electron chi connectivity index (χ2n) is 4.80. The molecule has 2 aromatic rings. The van der Waals surface area contributed by atoms with Crippen LogP contribution in [0.4, 0.5) is 17.3 Å². The van der Waals surface area contributed by atoms with Gasteiger partial charge in [-0.1, -0.05) is 6.07 Å². The van der Waals surface area contributed by atoms with E-state index in [4.69, 9.17) is 5.26 Å². The van der Waals surface area contributed by atoms with Crippen molar-refractivity contribution in [1.29, 1.82) is 5.26 Å². The molecule has 0 saturated carbocycles. The van der Waals surface area contributed by atoms with Gasteiger partial charge in [0.05, 0.1) is 0 Å². The number of hydrogen-bond acceptors (Lipinski definition) is 5. The average molecular weight is 267 g/mol. The molecule has 0 radical (unpaired) electrons. The molecule has 1 heterocycles.